The molecule has 1 aromatic heterocycles. The molecule has 4 aromatic rings. The molecule has 0 amide bonds. The molecule has 0 fully saturated rings. The fourth-order valence-corrected chi connectivity index (χ4v) is 5.50. The first-order chi connectivity index (χ1) is 16.9. The molecule has 1 heteroatoms. The van der Waals surface area contributed by atoms with Crippen molar-refractivity contribution in [2.75, 3.05) is 0 Å². The number of benzene rings is 3. The van der Waals surface area contributed by atoms with Gasteiger partial charge in [-0.2, -0.15) is 0 Å². The van der Waals surface area contributed by atoms with Gasteiger partial charge < -0.3 is 0 Å². The molecule has 0 N–H and O–H groups in total. The monoisotopic (exact) mass is 441 g/mol. The van der Waals surface area contributed by atoms with Gasteiger partial charge >= 0.3 is 11.5 Å². The third-order valence-corrected chi connectivity index (χ3v) is 7.03. The van der Waals surface area contributed by atoms with Gasteiger partial charge in [0.2, 0.25) is 0 Å². The van der Waals surface area contributed by atoms with Gasteiger partial charge in [-0.15, -0.1) is 0 Å². The molecule has 0 unspecified atom stereocenters. The van der Waals surface area contributed by atoms with Crippen LogP contribution in [0.15, 0.2) is 95.4 Å². The van der Waals surface area contributed by atoms with Crippen LogP contribution in [0.3, 0.4) is 0 Å². The predicted molar refractivity (Wildman–Crippen MR) is 143 cm³/mol. The van der Waals surface area contributed by atoms with Crippen molar-refractivity contribution in [1.82, 2.24) is 0 Å². The second-order valence-electron chi connectivity index (χ2n) is 9.33. The van der Waals surface area contributed by atoms with Crippen LogP contribution in [-0.2, 0) is 12.8 Å². The van der Waals surface area contributed by atoms with Crippen LogP contribution in [0.2, 0.25) is 0 Å². The van der Waals surface area contributed by atoms with E-state index in [9.17, 15) is 0 Å². The Balaban J connectivity index is 1.60. The third-order valence-electron chi connectivity index (χ3n) is 7.03. The van der Waals surface area contributed by atoms with Crippen molar-refractivity contribution >= 4 is 23.3 Å². The van der Waals surface area contributed by atoms with E-state index in [-0.39, 0.29) is 0 Å². The largest absolute Gasteiger partial charge is 0.360 e. The van der Waals surface area contributed by atoms with E-state index in [0.717, 1.165) is 50.0 Å². The SMILES string of the molecule is C(=C1/CCCc2c1[o+]c1c(c2-c2ccccc2)CCC/C1=C\c1ccccc1)/c1ccccc1. The van der Waals surface area contributed by atoms with Gasteiger partial charge in [0, 0.05) is 5.56 Å². The zero-order valence-electron chi connectivity index (χ0n) is 19.5. The third kappa shape index (κ3) is 4.03. The van der Waals surface area contributed by atoms with Crippen molar-refractivity contribution in [1.29, 1.82) is 0 Å². The van der Waals surface area contributed by atoms with Gasteiger partial charge in [-0.1, -0.05) is 91.0 Å². The van der Waals surface area contributed by atoms with Crippen molar-refractivity contribution in [3.05, 3.63) is 125 Å². The van der Waals surface area contributed by atoms with E-state index in [1.165, 1.54) is 44.5 Å². The summed E-state index contributed by atoms with van der Waals surface area (Å²) in [5.41, 5.74) is 10.6. The van der Waals surface area contributed by atoms with Crippen LogP contribution < -0.4 is 0 Å². The van der Waals surface area contributed by atoms with E-state index in [1.807, 2.05) is 0 Å². The summed E-state index contributed by atoms with van der Waals surface area (Å²) < 4.78 is 6.92. The average molecular weight is 442 g/mol. The van der Waals surface area contributed by atoms with Crippen LogP contribution in [0.4, 0.5) is 0 Å². The highest BCUT2D eigenvalue weighted by molar-refractivity contribution is 5.90. The first-order valence-corrected chi connectivity index (χ1v) is 12.5. The molecule has 0 saturated carbocycles. The standard InChI is InChI=1S/C33H29O/c1-4-12-24(13-5-1)22-27-18-10-20-29-31(26-16-8-3-9-17-26)30-21-11-19-28(33(30)34-32(27)29)23-25-14-6-2-7-15-25/h1-9,12-17,22-23H,10-11,18-21H2/q+1/b27-22+,28-23+. The molecular weight excluding hydrogens is 412 g/mol. The predicted octanol–water partition coefficient (Wildman–Crippen LogP) is 8.98. The molecule has 1 heterocycles. The normalized spacial score (nSPS) is 17.4. The van der Waals surface area contributed by atoms with Gasteiger partial charge in [0.15, 0.2) is 0 Å². The summed E-state index contributed by atoms with van der Waals surface area (Å²) in [5.74, 6) is 2.18. The number of rotatable bonds is 3. The molecule has 0 bridgehead atoms. The molecule has 0 saturated heterocycles. The minimum absolute atomic E-state index is 1.05. The number of hydrogen-bond acceptors (Lipinski definition) is 0. The molecule has 0 aliphatic heterocycles. The Morgan fingerprint density at radius 2 is 0.941 bits per heavy atom. The molecule has 166 valence electrons. The highest BCUT2D eigenvalue weighted by atomic mass is 16.3. The quantitative estimate of drug-likeness (QED) is 0.289. The number of allylic oxidation sites excluding steroid dienone is 2. The van der Waals surface area contributed by atoms with Gasteiger partial charge in [0.25, 0.3) is 0 Å². The molecule has 2 aliphatic rings. The zero-order chi connectivity index (χ0) is 22.7. The summed E-state index contributed by atoms with van der Waals surface area (Å²) in [6.45, 7) is 0. The minimum Gasteiger partial charge on any atom is -0.207 e. The Bertz CT molecular complexity index is 1280. The van der Waals surface area contributed by atoms with Gasteiger partial charge in [0.05, 0.1) is 22.3 Å². The maximum Gasteiger partial charge on any atom is 0.360 e. The Kier molecular flexibility index (Phi) is 5.69. The molecule has 2 aliphatic carbocycles. The lowest BCUT2D eigenvalue weighted by molar-refractivity contribution is 0.486. The average Bonchev–Trinajstić information content (AvgIpc) is 2.90. The summed E-state index contributed by atoms with van der Waals surface area (Å²) >= 11 is 0. The van der Waals surface area contributed by atoms with E-state index in [2.05, 4.69) is 103 Å². The highest BCUT2D eigenvalue weighted by Gasteiger charge is 2.37. The Morgan fingerprint density at radius 3 is 1.41 bits per heavy atom. The van der Waals surface area contributed by atoms with Crippen molar-refractivity contribution in [2.24, 2.45) is 0 Å². The van der Waals surface area contributed by atoms with Gasteiger partial charge in [0.1, 0.15) is 0 Å². The molecule has 1 nitrogen and oxygen atoms in total. The van der Waals surface area contributed by atoms with Crippen LogP contribution in [-0.4, -0.2) is 0 Å². The van der Waals surface area contributed by atoms with Crippen molar-refractivity contribution < 1.29 is 4.42 Å². The van der Waals surface area contributed by atoms with Crippen molar-refractivity contribution in [3.63, 3.8) is 0 Å². The van der Waals surface area contributed by atoms with E-state index in [1.54, 1.807) is 0 Å². The van der Waals surface area contributed by atoms with Gasteiger partial charge in [-0.25, -0.2) is 4.42 Å². The van der Waals surface area contributed by atoms with Crippen LogP contribution in [0.1, 0.15) is 59.5 Å². The van der Waals surface area contributed by atoms with Crippen LogP contribution in [0.25, 0.3) is 34.4 Å². The lowest BCUT2D eigenvalue weighted by Crippen LogP contribution is -2.12. The Hall–Kier alpha value is -3.71. The molecular formula is C33H29O+. The molecule has 3 aromatic carbocycles. The Morgan fingerprint density at radius 1 is 0.500 bits per heavy atom. The van der Waals surface area contributed by atoms with Gasteiger partial charge in [-0.05, 0) is 67.4 Å². The Labute approximate surface area is 202 Å². The summed E-state index contributed by atoms with van der Waals surface area (Å²) in [6, 6.07) is 32.2. The summed E-state index contributed by atoms with van der Waals surface area (Å²) in [6.07, 6.45) is 11.2. The maximum absolute atomic E-state index is 6.92. The van der Waals surface area contributed by atoms with Crippen LogP contribution in [0, 0.1) is 0 Å². The topological polar surface area (TPSA) is 11.3 Å². The van der Waals surface area contributed by atoms with Crippen LogP contribution >= 0.6 is 0 Å². The van der Waals surface area contributed by atoms with E-state index in [4.69, 9.17) is 4.42 Å². The van der Waals surface area contributed by atoms with Crippen LogP contribution in [0.5, 0.6) is 0 Å². The second-order valence-corrected chi connectivity index (χ2v) is 9.33. The fraction of sp³-hybridized carbons (Fsp3) is 0.182. The molecule has 0 atom stereocenters. The number of hydrogen-bond donors (Lipinski definition) is 0. The smallest absolute Gasteiger partial charge is 0.207 e. The lowest BCUT2D eigenvalue weighted by atomic mass is 9.80. The highest BCUT2D eigenvalue weighted by Crippen LogP contribution is 2.46. The molecule has 34 heavy (non-hydrogen) atoms. The minimum atomic E-state index is 1.05. The van der Waals surface area contributed by atoms with E-state index >= 15 is 0 Å². The van der Waals surface area contributed by atoms with E-state index < -0.39 is 0 Å². The van der Waals surface area contributed by atoms with Crippen molar-refractivity contribution in [3.8, 4) is 11.1 Å². The summed E-state index contributed by atoms with van der Waals surface area (Å²) in [7, 11) is 0. The summed E-state index contributed by atoms with van der Waals surface area (Å²) in [5, 5.41) is 0. The van der Waals surface area contributed by atoms with E-state index in [0.29, 0.717) is 0 Å². The summed E-state index contributed by atoms with van der Waals surface area (Å²) in [4.78, 5) is 0. The number of fused-ring (bicyclic) bond motifs is 2. The molecule has 0 spiro atoms. The van der Waals surface area contributed by atoms with Gasteiger partial charge in [-0.3, -0.25) is 0 Å². The first kappa shape index (κ1) is 20.9. The fourth-order valence-electron chi connectivity index (χ4n) is 5.50. The maximum atomic E-state index is 6.92. The molecule has 6 rings (SSSR count). The molecule has 0 radical (unpaired) electrons. The zero-order valence-corrected chi connectivity index (χ0v) is 19.5. The lowest BCUT2D eigenvalue weighted by Gasteiger charge is -2.22. The second kappa shape index (κ2) is 9.27. The first-order valence-electron chi connectivity index (χ1n) is 12.5. The van der Waals surface area contributed by atoms with Crippen molar-refractivity contribution in [2.45, 2.75) is 38.5 Å².